The lowest BCUT2D eigenvalue weighted by Crippen LogP contribution is -2.51. The molecule has 0 spiro atoms. The first-order chi connectivity index (χ1) is 9.03. The van der Waals surface area contributed by atoms with Gasteiger partial charge >= 0.3 is 0 Å². The maximum absolute atomic E-state index is 12.2. The number of carbonyl (C=O) groups is 1. The first-order valence-electron chi connectivity index (χ1n) is 6.71. The zero-order valence-electron chi connectivity index (χ0n) is 11.6. The molecule has 104 valence electrons. The summed E-state index contributed by atoms with van der Waals surface area (Å²) in [7, 11) is 3.88. The van der Waals surface area contributed by atoms with Crippen molar-refractivity contribution in [3.05, 3.63) is 23.9 Å². The zero-order chi connectivity index (χ0) is 13.9. The molecule has 19 heavy (non-hydrogen) atoms. The van der Waals surface area contributed by atoms with Gasteiger partial charge in [0.1, 0.15) is 5.82 Å². The van der Waals surface area contributed by atoms with E-state index in [1.54, 1.807) is 6.20 Å². The van der Waals surface area contributed by atoms with Gasteiger partial charge in [0.05, 0.1) is 5.54 Å². The summed E-state index contributed by atoms with van der Waals surface area (Å²) < 4.78 is 0. The molecule has 0 radical (unpaired) electrons. The third kappa shape index (κ3) is 3.04. The zero-order valence-corrected chi connectivity index (χ0v) is 11.6. The summed E-state index contributed by atoms with van der Waals surface area (Å²) in [4.78, 5) is 18.4. The molecule has 0 aromatic carbocycles. The number of pyridine rings is 1. The second-order valence-electron chi connectivity index (χ2n) is 5.43. The molecule has 0 atom stereocenters. The third-order valence-electron chi connectivity index (χ3n) is 3.68. The Balaban J connectivity index is 2.01. The number of anilines is 1. The van der Waals surface area contributed by atoms with Gasteiger partial charge in [-0.05, 0) is 18.9 Å². The van der Waals surface area contributed by atoms with Crippen molar-refractivity contribution >= 4 is 11.7 Å². The van der Waals surface area contributed by atoms with Crippen LogP contribution in [0.2, 0.25) is 0 Å². The predicted octanol–water partition coefficient (Wildman–Crippen LogP) is 1.04. The van der Waals surface area contributed by atoms with E-state index >= 15 is 0 Å². The summed E-state index contributed by atoms with van der Waals surface area (Å²) in [5.74, 6) is 0.832. The van der Waals surface area contributed by atoms with Crippen LogP contribution in [0, 0.1) is 0 Å². The van der Waals surface area contributed by atoms with Gasteiger partial charge in [-0.3, -0.25) is 4.79 Å². The van der Waals surface area contributed by atoms with Crippen LogP contribution in [0.3, 0.4) is 0 Å². The molecule has 0 bridgehead atoms. The van der Waals surface area contributed by atoms with Crippen LogP contribution in [0.4, 0.5) is 5.82 Å². The fourth-order valence-corrected chi connectivity index (χ4v) is 2.56. The number of amides is 1. The van der Waals surface area contributed by atoms with Crippen LogP contribution in [0.5, 0.6) is 0 Å². The van der Waals surface area contributed by atoms with Gasteiger partial charge in [0.25, 0.3) is 0 Å². The second-order valence-corrected chi connectivity index (χ2v) is 5.43. The Morgan fingerprint density at radius 2 is 2.16 bits per heavy atom. The van der Waals surface area contributed by atoms with Crippen molar-refractivity contribution in [2.75, 3.05) is 19.0 Å². The highest BCUT2D eigenvalue weighted by molar-refractivity contribution is 5.86. The molecule has 0 aliphatic heterocycles. The standard InChI is InChI=1S/C14H22N4O/c1-18(2)12-11(6-5-9-16-12)10-17-13(19)14(15)7-3-4-8-14/h5-6,9H,3-4,7-8,10,15H2,1-2H3,(H,17,19). The molecular formula is C14H22N4O. The first kappa shape index (κ1) is 13.8. The lowest BCUT2D eigenvalue weighted by Gasteiger charge is -2.23. The summed E-state index contributed by atoms with van der Waals surface area (Å²) in [5.41, 5.74) is 6.46. The molecule has 1 aromatic rings. The number of nitrogens with one attached hydrogen (secondary N) is 1. The Bertz CT molecular complexity index is 453. The first-order valence-corrected chi connectivity index (χ1v) is 6.71. The van der Waals surface area contributed by atoms with Crippen LogP contribution in [-0.2, 0) is 11.3 Å². The van der Waals surface area contributed by atoms with E-state index in [4.69, 9.17) is 5.73 Å². The van der Waals surface area contributed by atoms with E-state index in [0.717, 1.165) is 37.1 Å². The van der Waals surface area contributed by atoms with Crippen LogP contribution in [0.25, 0.3) is 0 Å². The lowest BCUT2D eigenvalue weighted by atomic mass is 9.98. The molecule has 1 heterocycles. The molecule has 1 aliphatic rings. The van der Waals surface area contributed by atoms with Crippen LogP contribution in [-0.4, -0.2) is 30.5 Å². The molecular weight excluding hydrogens is 240 g/mol. The second kappa shape index (κ2) is 5.57. The highest BCUT2D eigenvalue weighted by Crippen LogP contribution is 2.27. The molecule has 5 heteroatoms. The molecule has 1 fully saturated rings. The van der Waals surface area contributed by atoms with E-state index in [9.17, 15) is 4.79 Å². The van der Waals surface area contributed by atoms with Gasteiger partial charge in [-0.25, -0.2) is 4.98 Å². The number of rotatable bonds is 4. The number of aromatic nitrogens is 1. The van der Waals surface area contributed by atoms with Crippen LogP contribution in [0.1, 0.15) is 31.2 Å². The highest BCUT2D eigenvalue weighted by atomic mass is 16.2. The number of nitrogens with zero attached hydrogens (tertiary/aromatic N) is 2. The van der Waals surface area contributed by atoms with Gasteiger partial charge in [-0.2, -0.15) is 0 Å². The van der Waals surface area contributed by atoms with E-state index < -0.39 is 5.54 Å². The third-order valence-corrected chi connectivity index (χ3v) is 3.68. The van der Waals surface area contributed by atoms with Crippen LogP contribution >= 0.6 is 0 Å². The SMILES string of the molecule is CN(C)c1ncccc1CNC(=O)C1(N)CCCC1. The fraction of sp³-hybridized carbons (Fsp3) is 0.571. The van der Waals surface area contributed by atoms with E-state index in [2.05, 4.69) is 10.3 Å². The molecule has 0 saturated heterocycles. The van der Waals surface area contributed by atoms with Gasteiger partial charge in [0.2, 0.25) is 5.91 Å². The molecule has 2 rings (SSSR count). The van der Waals surface area contributed by atoms with Gasteiger partial charge in [0, 0.05) is 32.4 Å². The van der Waals surface area contributed by atoms with Crippen molar-refractivity contribution in [2.24, 2.45) is 5.73 Å². The van der Waals surface area contributed by atoms with Crippen molar-refractivity contribution in [3.8, 4) is 0 Å². The van der Waals surface area contributed by atoms with E-state index in [1.165, 1.54) is 0 Å². The van der Waals surface area contributed by atoms with Crippen LogP contribution in [0.15, 0.2) is 18.3 Å². The minimum atomic E-state index is -0.666. The summed E-state index contributed by atoms with van der Waals surface area (Å²) in [5, 5.41) is 2.95. The van der Waals surface area contributed by atoms with E-state index in [1.807, 2.05) is 31.1 Å². The number of carbonyl (C=O) groups excluding carboxylic acids is 1. The number of nitrogens with two attached hydrogens (primary N) is 1. The van der Waals surface area contributed by atoms with E-state index in [-0.39, 0.29) is 5.91 Å². The predicted molar refractivity (Wildman–Crippen MR) is 75.8 cm³/mol. The minimum Gasteiger partial charge on any atom is -0.362 e. The largest absolute Gasteiger partial charge is 0.362 e. The van der Waals surface area contributed by atoms with E-state index in [0.29, 0.717) is 6.54 Å². The molecule has 0 unspecified atom stereocenters. The van der Waals surface area contributed by atoms with Gasteiger partial charge in [-0.15, -0.1) is 0 Å². The number of hydrogen-bond donors (Lipinski definition) is 2. The maximum Gasteiger partial charge on any atom is 0.240 e. The summed E-state index contributed by atoms with van der Waals surface area (Å²) in [6, 6.07) is 3.85. The van der Waals surface area contributed by atoms with Gasteiger partial charge in [0.15, 0.2) is 0 Å². The van der Waals surface area contributed by atoms with Gasteiger partial charge in [-0.1, -0.05) is 18.9 Å². The summed E-state index contributed by atoms with van der Waals surface area (Å²) in [6.07, 6.45) is 5.40. The topological polar surface area (TPSA) is 71.2 Å². The van der Waals surface area contributed by atoms with Crippen LogP contribution < -0.4 is 16.0 Å². The Morgan fingerprint density at radius 3 is 2.79 bits per heavy atom. The van der Waals surface area contributed by atoms with Crippen molar-refractivity contribution in [3.63, 3.8) is 0 Å². The summed E-state index contributed by atoms with van der Waals surface area (Å²) in [6.45, 7) is 0.471. The van der Waals surface area contributed by atoms with Crippen molar-refractivity contribution in [1.82, 2.24) is 10.3 Å². The number of hydrogen-bond acceptors (Lipinski definition) is 4. The fourth-order valence-electron chi connectivity index (χ4n) is 2.56. The summed E-state index contributed by atoms with van der Waals surface area (Å²) >= 11 is 0. The van der Waals surface area contributed by atoms with Crippen molar-refractivity contribution in [1.29, 1.82) is 0 Å². The average molecular weight is 262 g/mol. The van der Waals surface area contributed by atoms with Crippen molar-refractivity contribution in [2.45, 2.75) is 37.8 Å². The molecule has 1 saturated carbocycles. The quantitative estimate of drug-likeness (QED) is 0.850. The molecule has 1 aromatic heterocycles. The Hall–Kier alpha value is -1.62. The smallest absolute Gasteiger partial charge is 0.240 e. The molecule has 1 aliphatic carbocycles. The Kier molecular flexibility index (Phi) is 4.04. The highest BCUT2D eigenvalue weighted by Gasteiger charge is 2.36. The molecule has 1 amide bonds. The molecule has 3 N–H and O–H groups in total. The Labute approximate surface area is 114 Å². The average Bonchev–Trinajstić information content (AvgIpc) is 2.84. The lowest BCUT2D eigenvalue weighted by molar-refractivity contribution is -0.126. The molecule has 5 nitrogen and oxygen atoms in total. The maximum atomic E-state index is 12.2. The monoisotopic (exact) mass is 262 g/mol. The Morgan fingerprint density at radius 1 is 1.47 bits per heavy atom. The minimum absolute atomic E-state index is 0.0430. The van der Waals surface area contributed by atoms with Gasteiger partial charge < -0.3 is 16.0 Å². The normalized spacial score (nSPS) is 17.2. The van der Waals surface area contributed by atoms with Crippen molar-refractivity contribution < 1.29 is 4.79 Å².